The summed E-state index contributed by atoms with van der Waals surface area (Å²) in [6.07, 6.45) is 1.44. The molecule has 0 spiro atoms. The Labute approximate surface area is 258 Å². The monoisotopic (exact) mass is 612 g/mol. The molecule has 4 rings (SSSR count). The third kappa shape index (κ3) is 8.54. The number of anilines is 1. The number of hydrogen-bond donors (Lipinski definition) is 2. The van der Waals surface area contributed by atoms with Crippen LogP contribution in [0.3, 0.4) is 0 Å². The molecule has 0 aliphatic heterocycles. The second-order valence-corrected chi connectivity index (χ2v) is 12.3. The van der Waals surface area contributed by atoms with E-state index in [-0.39, 0.29) is 23.5 Å². The van der Waals surface area contributed by atoms with Crippen LogP contribution in [0, 0.1) is 20.8 Å². The Balaban J connectivity index is 1.36. The Bertz CT molecular complexity index is 1720. The number of ether oxygens (including phenoxy) is 1. The molecule has 0 saturated heterocycles. The summed E-state index contributed by atoms with van der Waals surface area (Å²) in [5.41, 5.74) is 7.02. The minimum Gasteiger partial charge on any atom is -0.484 e. The number of nitrogens with one attached hydrogen (secondary N) is 2. The highest BCUT2D eigenvalue weighted by Crippen LogP contribution is 2.28. The molecular weight excluding hydrogens is 576 g/mol. The van der Waals surface area contributed by atoms with E-state index >= 15 is 0 Å². The molecule has 0 saturated carbocycles. The lowest BCUT2D eigenvalue weighted by Gasteiger charge is -2.25. The fourth-order valence-electron chi connectivity index (χ4n) is 4.38. The Morgan fingerprint density at radius 2 is 1.52 bits per heavy atom. The Hall–Kier alpha value is -4.96. The average molecular weight is 613 g/mol. The van der Waals surface area contributed by atoms with E-state index in [9.17, 15) is 18.0 Å². The molecule has 44 heavy (non-hydrogen) atoms. The zero-order valence-corrected chi connectivity index (χ0v) is 26.0. The van der Waals surface area contributed by atoms with Crippen molar-refractivity contribution in [3.8, 4) is 5.75 Å². The molecule has 0 aromatic heterocycles. The highest BCUT2D eigenvalue weighted by Gasteiger charge is 2.28. The van der Waals surface area contributed by atoms with Crippen molar-refractivity contribution < 1.29 is 22.7 Å². The van der Waals surface area contributed by atoms with Crippen LogP contribution in [0.4, 0.5) is 5.69 Å². The summed E-state index contributed by atoms with van der Waals surface area (Å²) >= 11 is 0. The molecule has 0 aliphatic carbocycles. The van der Waals surface area contributed by atoms with Gasteiger partial charge in [0.05, 0.1) is 22.8 Å². The van der Waals surface area contributed by atoms with E-state index in [1.165, 1.54) is 18.3 Å². The lowest BCUT2D eigenvalue weighted by molar-refractivity contribution is -0.123. The van der Waals surface area contributed by atoms with Crippen LogP contribution in [0.5, 0.6) is 5.75 Å². The quantitative estimate of drug-likeness (QED) is 0.168. The topological polar surface area (TPSA) is 117 Å². The van der Waals surface area contributed by atoms with Crippen LogP contribution in [0.2, 0.25) is 0 Å². The number of carbonyl (C=O) groups is 2. The van der Waals surface area contributed by atoms with Crippen LogP contribution in [-0.2, 0) is 19.6 Å². The summed E-state index contributed by atoms with van der Waals surface area (Å²) < 4.78 is 34.0. The van der Waals surface area contributed by atoms with Gasteiger partial charge >= 0.3 is 0 Å². The molecular formula is C34H36N4O5S. The van der Waals surface area contributed by atoms with E-state index in [0.717, 1.165) is 21.0 Å². The molecule has 10 heteroatoms. The van der Waals surface area contributed by atoms with Crippen LogP contribution in [-0.4, -0.2) is 39.6 Å². The molecule has 4 aromatic carbocycles. The zero-order chi connectivity index (χ0) is 31.7. The van der Waals surface area contributed by atoms with E-state index in [2.05, 4.69) is 15.8 Å². The first-order valence-electron chi connectivity index (χ1n) is 14.1. The molecule has 0 radical (unpaired) electrons. The third-order valence-corrected chi connectivity index (χ3v) is 8.63. The van der Waals surface area contributed by atoms with Crippen molar-refractivity contribution >= 4 is 33.7 Å². The predicted molar refractivity (Wildman–Crippen MR) is 172 cm³/mol. The van der Waals surface area contributed by atoms with Gasteiger partial charge in [-0.15, -0.1) is 0 Å². The fourth-order valence-corrected chi connectivity index (χ4v) is 5.85. The lowest BCUT2D eigenvalue weighted by Crippen LogP contribution is -2.40. The molecule has 9 nitrogen and oxygen atoms in total. The van der Waals surface area contributed by atoms with E-state index in [4.69, 9.17) is 4.74 Å². The van der Waals surface area contributed by atoms with Crippen molar-refractivity contribution in [3.05, 3.63) is 125 Å². The smallest absolute Gasteiger partial charge is 0.264 e. The van der Waals surface area contributed by atoms with Gasteiger partial charge in [-0.2, -0.15) is 5.10 Å². The highest BCUT2D eigenvalue weighted by molar-refractivity contribution is 7.92. The summed E-state index contributed by atoms with van der Waals surface area (Å²) in [6.45, 7) is 6.84. The number of sulfonamides is 1. The molecule has 0 fully saturated rings. The van der Waals surface area contributed by atoms with Crippen molar-refractivity contribution in [2.45, 2.75) is 38.6 Å². The third-order valence-electron chi connectivity index (χ3n) is 6.86. The molecule has 0 heterocycles. The van der Waals surface area contributed by atoms with Gasteiger partial charge in [0.2, 0.25) is 0 Å². The predicted octanol–water partition coefficient (Wildman–Crippen LogP) is 5.21. The molecule has 2 N–H and O–H groups in total. The minimum atomic E-state index is -4.04. The van der Waals surface area contributed by atoms with Crippen molar-refractivity contribution in [2.75, 3.05) is 17.5 Å². The van der Waals surface area contributed by atoms with Crippen LogP contribution in [0.15, 0.2) is 107 Å². The zero-order valence-electron chi connectivity index (χ0n) is 25.2. The molecule has 2 amide bonds. The SMILES string of the molecule is Cc1ccc(S(=O)(=O)N(CC(=O)N/N=C\c2ccc(OCC(=O)N[C@@H](C)c3ccccc3)cc2)c2cc(C)ccc2C)cc1. The molecule has 0 unspecified atom stereocenters. The van der Waals surface area contributed by atoms with Crippen molar-refractivity contribution in [1.82, 2.24) is 10.7 Å². The Morgan fingerprint density at radius 1 is 0.864 bits per heavy atom. The van der Waals surface area contributed by atoms with E-state index in [1.54, 1.807) is 49.4 Å². The maximum absolute atomic E-state index is 13.7. The van der Waals surface area contributed by atoms with Gasteiger partial charge in [0, 0.05) is 0 Å². The van der Waals surface area contributed by atoms with Crippen LogP contribution in [0.1, 0.15) is 40.8 Å². The molecule has 0 bridgehead atoms. The maximum Gasteiger partial charge on any atom is 0.264 e. The van der Waals surface area contributed by atoms with Crippen molar-refractivity contribution in [1.29, 1.82) is 0 Å². The van der Waals surface area contributed by atoms with Crippen LogP contribution in [0.25, 0.3) is 0 Å². The first-order chi connectivity index (χ1) is 21.0. The Morgan fingerprint density at radius 3 is 2.20 bits per heavy atom. The van der Waals surface area contributed by atoms with Gasteiger partial charge in [0.15, 0.2) is 6.61 Å². The van der Waals surface area contributed by atoms with Crippen molar-refractivity contribution in [3.63, 3.8) is 0 Å². The second-order valence-electron chi connectivity index (χ2n) is 10.5. The van der Waals surface area contributed by atoms with Gasteiger partial charge in [-0.05, 0) is 92.4 Å². The minimum absolute atomic E-state index is 0.0887. The van der Waals surface area contributed by atoms with E-state index in [1.807, 2.05) is 63.2 Å². The van der Waals surface area contributed by atoms with Gasteiger partial charge in [-0.3, -0.25) is 13.9 Å². The van der Waals surface area contributed by atoms with Crippen LogP contribution < -0.4 is 19.8 Å². The lowest BCUT2D eigenvalue weighted by atomic mass is 10.1. The van der Waals surface area contributed by atoms with Crippen molar-refractivity contribution in [2.24, 2.45) is 5.10 Å². The molecule has 228 valence electrons. The molecule has 1 atom stereocenters. The number of hydrogen-bond acceptors (Lipinski definition) is 6. The van der Waals surface area contributed by atoms with E-state index in [0.29, 0.717) is 22.6 Å². The van der Waals surface area contributed by atoms with Gasteiger partial charge in [0.1, 0.15) is 12.3 Å². The number of nitrogens with zero attached hydrogens (tertiary/aromatic N) is 2. The fraction of sp³-hybridized carbons (Fsp3) is 0.206. The highest BCUT2D eigenvalue weighted by atomic mass is 32.2. The van der Waals surface area contributed by atoms with Gasteiger partial charge in [-0.25, -0.2) is 13.8 Å². The van der Waals surface area contributed by atoms with Gasteiger partial charge < -0.3 is 10.1 Å². The number of aryl methyl sites for hydroxylation is 3. The number of benzene rings is 4. The first-order valence-corrected chi connectivity index (χ1v) is 15.5. The largest absolute Gasteiger partial charge is 0.484 e. The second kappa shape index (κ2) is 14.5. The average Bonchev–Trinajstić information content (AvgIpc) is 3.01. The standard InChI is InChI=1S/C34H36N4O5S/c1-24-11-18-31(19-12-24)44(41,42)38(32-20-25(2)10-13-26(32)3)22-33(39)37-35-21-28-14-16-30(17-15-28)43-23-34(40)36-27(4)29-8-6-5-7-9-29/h5-21,27H,22-23H2,1-4H3,(H,36,40)(H,37,39)/b35-21-/t27-/m0/s1. The summed E-state index contributed by atoms with van der Waals surface area (Å²) in [4.78, 5) is 25.3. The number of carbonyl (C=O) groups excluding carboxylic acids is 2. The Kier molecular flexibility index (Phi) is 10.5. The summed E-state index contributed by atoms with van der Waals surface area (Å²) in [6, 6.07) is 28.3. The summed E-state index contributed by atoms with van der Waals surface area (Å²) in [5.74, 6) is -0.346. The first kappa shape index (κ1) is 32.0. The normalized spacial score (nSPS) is 12.0. The maximum atomic E-state index is 13.7. The number of hydrazone groups is 1. The van der Waals surface area contributed by atoms with Gasteiger partial charge in [0.25, 0.3) is 21.8 Å². The number of rotatable bonds is 12. The molecule has 0 aliphatic rings. The van der Waals surface area contributed by atoms with E-state index < -0.39 is 22.5 Å². The summed E-state index contributed by atoms with van der Waals surface area (Å²) in [7, 11) is -4.04. The van der Waals surface area contributed by atoms with Crippen LogP contribution >= 0.6 is 0 Å². The van der Waals surface area contributed by atoms with Gasteiger partial charge in [-0.1, -0.05) is 60.2 Å². The number of amides is 2. The summed E-state index contributed by atoms with van der Waals surface area (Å²) in [5, 5.41) is 6.91. The molecule has 4 aromatic rings.